The summed E-state index contributed by atoms with van der Waals surface area (Å²) in [6.07, 6.45) is -1.41. The van der Waals surface area contributed by atoms with Gasteiger partial charge >= 0.3 is 6.18 Å². The van der Waals surface area contributed by atoms with Gasteiger partial charge in [-0.1, -0.05) is 6.07 Å². The van der Waals surface area contributed by atoms with E-state index in [2.05, 4.69) is 15.7 Å². The molecule has 0 aliphatic heterocycles. The minimum Gasteiger partial charge on any atom is -0.352 e. The molecule has 9 heteroatoms. The summed E-state index contributed by atoms with van der Waals surface area (Å²) in [4.78, 5) is 24.8. The SMILES string of the molecule is CCNC(=O)c1ccc(NC(=O)c2cnn(-c3cccc(C(F)(F)F)c3)c2C2CC2)cc1. The lowest BCUT2D eigenvalue weighted by atomic mass is 10.1. The van der Waals surface area contributed by atoms with Crippen molar-refractivity contribution in [2.75, 3.05) is 11.9 Å². The Hall–Kier alpha value is -3.62. The first-order valence-electron chi connectivity index (χ1n) is 10.2. The van der Waals surface area contributed by atoms with Gasteiger partial charge in [-0.2, -0.15) is 18.3 Å². The van der Waals surface area contributed by atoms with Crippen LogP contribution in [0.1, 0.15) is 57.7 Å². The number of anilines is 1. The van der Waals surface area contributed by atoms with Crippen LogP contribution in [-0.4, -0.2) is 28.1 Å². The van der Waals surface area contributed by atoms with E-state index in [1.54, 1.807) is 24.3 Å². The zero-order chi connectivity index (χ0) is 22.9. The zero-order valence-corrected chi connectivity index (χ0v) is 17.2. The van der Waals surface area contributed by atoms with Crippen molar-refractivity contribution < 1.29 is 22.8 Å². The van der Waals surface area contributed by atoms with Crippen molar-refractivity contribution in [3.05, 3.63) is 77.1 Å². The van der Waals surface area contributed by atoms with Crippen LogP contribution in [0.25, 0.3) is 5.69 Å². The first-order valence-corrected chi connectivity index (χ1v) is 10.2. The summed E-state index contributed by atoms with van der Waals surface area (Å²) < 4.78 is 40.8. The summed E-state index contributed by atoms with van der Waals surface area (Å²) in [7, 11) is 0. The van der Waals surface area contributed by atoms with Gasteiger partial charge in [0.25, 0.3) is 11.8 Å². The molecule has 1 aromatic heterocycles. The minimum absolute atomic E-state index is 0.0629. The maximum absolute atomic E-state index is 13.1. The van der Waals surface area contributed by atoms with Crippen LogP contribution in [0, 0.1) is 0 Å². The summed E-state index contributed by atoms with van der Waals surface area (Å²) in [6, 6.07) is 11.3. The largest absolute Gasteiger partial charge is 0.416 e. The molecule has 32 heavy (non-hydrogen) atoms. The van der Waals surface area contributed by atoms with Gasteiger partial charge in [-0.15, -0.1) is 0 Å². The first-order chi connectivity index (χ1) is 15.3. The Labute approximate surface area is 182 Å². The molecule has 1 fully saturated rings. The smallest absolute Gasteiger partial charge is 0.352 e. The second-order valence-electron chi connectivity index (χ2n) is 7.57. The number of benzene rings is 2. The molecule has 1 aliphatic rings. The third kappa shape index (κ3) is 4.51. The summed E-state index contributed by atoms with van der Waals surface area (Å²) >= 11 is 0. The lowest BCUT2D eigenvalue weighted by Gasteiger charge is -2.12. The third-order valence-corrected chi connectivity index (χ3v) is 5.18. The predicted molar refractivity (Wildman–Crippen MR) is 113 cm³/mol. The van der Waals surface area contributed by atoms with Crippen molar-refractivity contribution in [2.45, 2.75) is 31.9 Å². The van der Waals surface area contributed by atoms with Crippen molar-refractivity contribution in [2.24, 2.45) is 0 Å². The number of carbonyl (C=O) groups is 2. The molecular weight excluding hydrogens is 421 g/mol. The van der Waals surface area contributed by atoms with E-state index in [1.807, 2.05) is 6.92 Å². The molecule has 1 aliphatic carbocycles. The molecule has 4 rings (SSSR count). The number of alkyl halides is 3. The van der Waals surface area contributed by atoms with Gasteiger partial charge in [0.2, 0.25) is 0 Å². The third-order valence-electron chi connectivity index (χ3n) is 5.18. The number of hydrogen-bond acceptors (Lipinski definition) is 3. The molecule has 2 N–H and O–H groups in total. The van der Waals surface area contributed by atoms with E-state index in [0.29, 0.717) is 29.1 Å². The van der Waals surface area contributed by atoms with Crippen LogP contribution < -0.4 is 10.6 Å². The molecule has 0 saturated heterocycles. The van der Waals surface area contributed by atoms with E-state index < -0.39 is 17.6 Å². The summed E-state index contributed by atoms with van der Waals surface area (Å²) in [5.74, 6) is -0.549. The molecule has 6 nitrogen and oxygen atoms in total. The minimum atomic E-state index is -4.47. The number of halogens is 3. The van der Waals surface area contributed by atoms with E-state index in [1.165, 1.54) is 23.0 Å². The molecule has 1 saturated carbocycles. The van der Waals surface area contributed by atoms with Crippen LogP contribution in [0.3, 0.4) is 0 Å². The Morgan fingerprint density at radius 1 is 1.09 bits per heavy atom. The van der Waals surface area contributed by atoms with Crippen LogP contribution >= 0.6 is 0 Å². The van der Waals surface area contributed by atoms with Gasteiger partial charge in [0.15, 0.2) is 0 Å². The summed E-state index contributed by atoms with van der Waals surface area (Å²) in [6.45, 7) is 2.33. The van der Waals surface area contributed by atoms with Crippen LogP contribution in [0.2, 0.25) is 0 Å². The van der Waals surface area contributed by atoms with Crippen molar-refractivity contribution in [1.29, 1.82) is 0 Å². The van der Waals surface area contributed by atoms with Crippen molar-refractivity contribution in [1.82, 2.24) is 15.1 Å². The standard InChI is InChI=1S/C23H21F3N4O2/c1-2-27-21(31)15-8-10-17(11-9-15)29-22(32)19-13-28-30(20(19)14-6-7-14)18-5-3-4-16(12-18)23(24,25)26/h3-5,8-14H,2,6-7H2,1H3,(H,27,31)(H,29,32). The number of amides is 2. The van der Waals surface area contributed by atoms with Crippen LogP contribution in [0.5, 0.6) is 0 Å². The van der Waals surface area contributed by atoms with Crippen LogP contribution in [0.15, 0.2) is 54.7 Å². The quantitative estimate of drug-likeness (QED) is 0.577. The average Bonchev–Trinajstić information content (AvgIpc) is 3.51. The van der Waals surface area contributed by atoms with Crippen LogP contribution in [-0.2, 0) is 6.18 Å². The Kier molecular flexibility index (Phi) is 5.73. The highest BCUT2D eigenvalue weighted by atomic mass is 19.4. The second-order valence-corrected chi connectivity index (χ2v) is 7.57. The van der Waals surface area contributed by atoms with Gasteiger partial charge < -0.3 is 10.6 Å². The fraction of sp³-hybridized carbons (Fsp3) is 0.261. The number of nitrogens with zero attached hydrogens (tertiary/aromatic N) is 2. The Balaban J connectivity index is 1.59. The Morgan fingerprint density at radius 2 is 1.81 bits per heavy atom. The van der Waals surface area contributed by atoms with E-state index >= 15 is 0 Å². The average molecular weight is 442 g/mol. The maximum atomic E-state index is 13.1. The molecule has 3 aromatic rings. The monoisotopic (exact) mass is 442 g/mol. The number of aromatic nitrogens is 2. The Morgan fingerprint density at radius 3 is 2.44 bits per heavy atom. The maximum Gasteiger partial charge on any atom is 0.416 e. The van der Waals surface area contributed by atoms with Gasteiger partial charge in [-0.3, -0.25) is 9.59 Å². The Bertz CT molecular complexity index is 1150. The van der Waals surface area contributed by atoms with Crippen molar-refractivity contribution in [3.63, 3.8) is 0 Å². The first kappa shape index (κ1) is 21.6. The zero-order valence-electron chi connectivity index (χ0n) is 17.2. The second kappa shape index (κ2) is 8.49. The fourth-order valence-electron chi connectivity index (χ4n) is 3.47. The summed E-state index contributed by atoms with van der Waals surface area (Å²) in [5, 5.41) is 9.70. The highest BCUT2D eigenvalue weighted by Gasteiger charge is 2.34. The molecule has 0 radical (unpaired) electrons. The van der Waals surface area contributed by atoms with Crippen molar-refractivity contribution in [3.8, 4) is 5.69 Å². The molecular formula is C23H21F3N4O2. The fourth-order valence-corrected chi connectivity index (χ4v) is 3.47. The highest BCUT2D eigenvalue weighted by Crippen LogP contribution is 2.43. The molecule has 0 bridgehead atoms. The summed E-state index contributed by atoms with van der Waals surface area (Å²) in [5.41, 5.74) is 1.37. The van der Waals surface area contributed by atoms with Gasteiger partial charge in [0.1, 0.15) is 0 Å². The molecule has 1 heterocycles. The highest BCUT2D eigenvalue weighted by molar-refractivity contribution is 6.05. The number of nitrogens with one attached hydrogen (secondary N) is 2. The topological polar surface area (TPSA) is 76.0 Å². The predicted octanol–water partition coefficient (Wildman–Crippen LogP) is 4.77. The van der Waals surface area contributed by atoms with Gasteiger partial charge in [-0.05, 0) is 62.2 Å². The molecule has 0 unspecified atom stereocenters. The number of rotatable bonds is 6. The molecule has 2 amide bonds. The van der Waals surface area contributed by atoms with Gasteiger partial charge in [0.05, 0.1) is 28.7 Å². The van der Waals surface area contributed by atoms with E-state index in [4.69, 9.17) is 0 Å². The number of carbonyl (C=O) groups excluding carboxylic acids is 2. The van der Waals surface area contributed by atoms with Gasteiger partial charge in [0, 0.05) is 23.7 Å². The van der Waals surface area contributed by atoms with E-state index in [9.17, 15) is 22.8 Å². The van der Waals surface area contributed by atoms with Crippen LogP contribution in [0.4, 0.5) is 18.9 Å². The molecule has 2 aromatic carbocycles. The van der Waals surface area contributed by atoms with Gasteiger partial charge in [-0.25, -0.2) is 4.68 Å². The molecule has 166 valence electrons. The van der Waals surface area contributed by atoms with Crippen molar-refractivity contribution >= 4 is 17.5 Å². The van der Waals surface area contributed by atoms with E-state index in [-0.39, 0.29) is 17.5 Å². The molecule has 0 atom stereocenters. The lowest BCUT2D eigenvalue weighted by molar-refractivity contribution is -0.137. The molecule has 0 spiro atoms. The normalized spacial score (nSPS) is 13.6. The lowest BCUT2D eigenvalue weighted by Crippen LogP contribution is -2.22. The number of hydrogen-bond donors (Lipinski definition) is 2. The van der Waals surface area contributed by atoms with E-state index in [0.717, 1.165) is 25.0 Å².